The number of carbonyl (C=O) groups is 1. The van der Waals surface area contributed by atoms with Gasteiger partial charge in [-0.15, -0.1) is 15.0 Å². The molecule has 0 amide bonds. The third-order valence-electron chi connectivity index (χ3n) is 4.01. The van der Waals surface area contributed by atoms with Gasteiger partial charge in [0.2, 0.25) is 18.4 Å². The SMILES string of the molecule is O=C(c1ccc2c(c1)OCO2)c1nnn(-c2ccc3c(c2)OCCO3)n1. The van der Waals surface area contributed by atoms with Gasteiger partial charge in [0, 0.05) is 11.6 Å². The molecule has 0 spiro atoms. The van der Waals surface area contributed by atoms with Crippen LogP contribution >= 0.6 is 0 Å². The Morgan fingerprint density at radius 2 is 1.62 bits per heavy atom. The molecule has 2 aliphatic rings. The summed E-state index contributed by atoms with van der Waals surface area (Å²) in [6.45, 7) is 1.14. The van der Waals surface area contributed by atoms with Gasteiger partial charge in [0.15, 0.2) is 23.0 Å². The maximum Gasteiger partial charge on any atom is 0.245 e. The van der Waals surface area contributed by atoms with Crippen molar-refractivity contribution in [2.45, 2.75) is 0 Å². The summed E-state index contributed by atoms with van der Waals surface area (Å²) < 4.78 is 21.6. The van der Waals surface area contributed by atoms with E-state index in [1.54, 1.807) is 36.4 Å². The van der Waals surface area contributed by atoms with Crippen molar-refractivity contribution in [2.24, 2.45) is 0 Å². The quantitative estimate of drug-likeness (QED) is 0.653. The van der Waals surface area contributed by atoms with E-state index in [2.05, 4.69) is 15.4 Å². The molecule has 0 atom stereocenters. The van der Waals surface area contributed by atoms with Crippen LogP contribution in [-0.2, 0) is 0 Å². The van der Waals surface area contributed by atoms with Crippen LogP contribution < -0.4 is 18.9 Å². The summed E-state index contributed by atoms with van der Waals surface area (Å²) in [4.78, 5) is 13.9. The van der Waals surface area contributed by atoms with E-state index in [-0.39, 0.29) is 18.4 Å². The topological polar surface area (TPSA) is 97.6 Å². The molecule has 2 aliphatic heterocycles. The Balaban J connectivity index is 1.44. The lowest BCUT2D eigenvalue weighted by molar-refractivity contribution is 0.102. The average Bonchev–Trinajstić information content (AvgIpc) is 3.36. The molecular formula is C17H12N4O5. The highest BCUT2D eigenvalue weighted by Crippen LogP contribution is 2.33. The Bertz CT molecular complexity index is 1020. The number of ether oxygens (including phenoxy) is 4. The summed E-state index contributed by atoms with van der Waals surface area (Å²) in [5.74, 6) is 2.03. The third kappa shape index (κ3) is 2.41. The Morgan fingerprint density at radius 1 is 0.885 bits per heavy atom. The van der Waals surface area contributed by atoms with E-state index >= 15 is 0 Å². The first-order valence-corrected chi connectivity index (χ1v) is 7.92. The van der Waals surface area contributed by atoms with Crippen molar-refractivity contribution in [1.82, 2.24) is 20.2 Å². The van der Waals surface area contributed by atoms with Crippen LogP contribution in [0.5, 0.6) is 23.0 Å². The van der Waals surface area contributed by atoms with Gasteiger partial charge in [0.25, 0.3) is 0 Å². The van der Waals surface area contributed by atoms with E-state index in [0.717, 1.165) is 0 Å². The number of fused-ring (bicyclic) bond motifs is 2. The molecule has 9 heteroatoms. The zero-order valence-corrected chi connectivity index (χ0v) is 13.4. The van der Waals surface area contributed by atoms with Gasteiger partial charge in [-0.2, -0.15) is 0 Å². The van der Waals surface area contributed by atoms with Gasteiger partial charge < -0.3 is 18.9 Å². The Kier molecular flexibility index (Phi) is 3.24. The lowest BCUT2D eigenvalue weighted by atomic mass is 10.1. The Hall–Kier alpha value is -3.62. The predicted octanol–water partition coefficient (Wildman–Crippen LogP) is 1.39. The molecule has 0 saturated carbocycles. The van der Waals surface area contributed by atoms with Crippen LogP contribution in [0, 0.1) is 0 Å². The molecular weight excluding hydrogens is 340 g/mol. The summed E-state index contributed by atoms with van der Waals surface area (Å²) in [6.07, 6.45) is 0. The highest BCUT2D eigenvalue weighted by Gasteiger charge is 2.21. The Labute approximate surface area is 147 Å². The first kappa shape index (κ1) is 14.7. The van der Waals surface area contributed by atoms with Gasteiger partial charge in [-0.3, -0.25) is 4.79 Å². The predicted molar refractivity (Wildman–Crippen MR) is 86.1 cm³/mol. The molecule has 3 aromatic rings. The number of carbonyl (C=O) groups excluding carboxylic acids is 1. The molecule has 9 nitrogen and oxygen atoms in total. The van der Waals surface area contributed by atoms with E-state index < -0.39 is 0 Å². The van der Waals surface area contributed by atoms with Crippen molar-refractivity contribution in [3.05, 3.63) is 47.8 Å². The summed E-state index contributed by atoms with van der Waals surface area (Å²) in [6, 6.07) is 10.2. The van der Waals surface area contributed by atoms with Crippen molar-refractivity contribution in [1.29, 1.82) is 0 Å². The number of hydrogen-bond donors (Lipinski definition) is 0. The lowest BCUT2D eigenvalue weighted by Crippen LogP contribution is -2.15. The number of benzene rings is 2. The van der Waals surface area contributed by atoms with Gasteiger partial charge in [-0.25, -0.2) is 0 Å². The standard InChI is InChI=1S/C17H12N4O5/c22-16(10-1-3-13-14(7-10)26-9-25-13)17-18-20-21(19-17)11-2-4-12-15(8-11)24-6-5-23-12/h1-4,7-8H,5-6,9H2. The van der Waals surface area contributed by atoms with Crippen LogP contribution in [0.15, 0.2) is 36.4 Å². The molecule has 0 saturated heterocycles. The number of tetrazole rings is 1. The molecule has 0 N–H and O–H groups in total. The van der Waals surface area contributed by atoms with Crippen LogP contribution in [0.25, 0.3) is 5.69 Å². The van der Waals surface area contributed by atoms with E-state index in [0.29, 0.717) is 47.5 Å². The summed E-state index contributed by atoms with van der Waals surface area (Å²) in [5, 5.41) is 12.0. The normalized spacial score (nSPS) is 14.3. The second-order valence-corrected chi connectivity index (χ2v) is 5.63. The van der Waals surface area contributed by atoms with Crippen LogP contribution in [0.4, 0.5) is 0 Å². The largest absolute Gasteiger partial charge is 0.486 e. The van der Waals surface area contributed by atoms with Gasteiger partial charge in [0.05, 0.1) is 5.69 Å². The summed E-state index contributed by atoms with van der Waals surface area (Å²) in [5.41, 5.74) is 1.02. The fourth-order valence-corrected chi connectivity index (χ4v) is 2.74. The molecule has 130 valence electrons. The second kappa shape index (κ2) is 5.73. The molecule has 0 fully saturated rings. The number of nitrogens with zero attached hydrogens (tertiary/aromatic N) is 4. The van der Waals surface area contributed by atoms with Crippen molar-refractivity contribution in [3.63, 3.8) is 0 Å². The Morgan fingerprint density at radius 3 is 2.54 bits per heavy atom. The van der Waals surface area contributed by atoms with E-state index in [4.69, 9.17) is 18.9 Å². The molecule has 5 rings (SSSR count). The molecule has 0 radical (unpaired) electrons. The van der Waals surface area contributed by atoms with E-state index in [9.17, 15) is 4.79 Å². The molecule has 26 heavy (non-hydrogen) atoms. The molecule has 1 aromatic heterocycles. The fourth-order valence-electron chi connectivity index (χ4n) is 2.74. The summed E-state index contributed by atoms with van der Waals surface area (Å²) in [7, 11) is 0. The average molecular weight is 352 g/mol. The van der Waals surface area contributed by atoms with Crippen molar-refractivity contribution in [2.75, 3.05) is 20.0 Å². The summed E-state index contributed by atoms with van der Waals surface area (Å²) >= 11 is 0. The number of ketones is 1. The minimum Gasteiger partial charge on any atom is -0.486 e. The maximum absolute atomic E-state index is 12.6. The van der Waals surface area contributed by atoms with Crippen molar-refractivity contribution >= 4 is 5.78 Å². The van der Waals surface area contributed by atoms with Crippen molar-refractivity contribution < 1.29 is 23.7 Å². The lowest BCUT2D eigenvalue weighted by Gasteiger charge is -2.18. The van der Waals surface area contributed by atoms with Gasteiger partial charge in [-0.1, -0.05) is 0 Å². The van der Waals surface area contributed by atoms with E-state index in [1.165, 1.54) is 4.80 Å². The molecule has 3 heterocycles. The zero-order chi connectivity index (χ0) is 17.5. The van der Waals surface area contributed by atoms with E-state index in [1.807, 2.05) is 0 Å². The minimum atomic E-state index is -0.355. The number of aromatic nitrogens is 4. The van der Waals surface area contributed by atoms with Gasteiger partial charge in [0.1, 0.15) is 13.2 Å². The van der Waals surface area contributed by atoms with Crippen LogP contribution in [0.2, 0.25) is 0 Å². The first-order valence-electron chi connectivity index (χ1n) is 7.92. The third-order valence-corrected chi connectivity index (χ3v) is 4.01. The minimum absolute atomic E-state index is 0.0150. The van der Waals surface area contributed by atoms with Crippen LogP contribution in [0.1, 0.15) is 16.2 Å². The van der Waals surface area contributed by atoms with Crippen LogP contribution in [-0.4, -0.2) is 46.0 Å². The molecule has 2 aromatic carbocycles. The second-order valence-electron chi connectivity index (χ2n) is 5.63. The van der Waals surface area contributed by atoms with Gasteiger partial charge >= 0.3 is 0 Å². The van der Waals surface area contributed by atoms with Gasteiger partial charge in [-0.05, 0) is 35.5 Å². The van der Waals surface area contributed by atoms with Crippen molar-refractivity contribution in [3.8, 4) is 28.7 Å². The highest BCUT2D eigenvalue weighted by atomic mass is 16.7. The fraction of sp³-hybridized carbons (Fsp3) is 0.176. The monoisotopic (exact) mass is 352 g/mol. The molecule has 0 aliphatic carbocycles. The molecule has 0 unspecified atom stereocenters. The zero-order valence-electron chi connectivity index (χ0n) is 13.4. The molecule has 0 bridgehead atoms. The maximum atomic E-state index is 12.6. The number of rotatable bonds is 3. The number of hydrogen-bond acceptors (Lipinski definition) is 8. The highest BCUT2D eigenvalue weighted by molar-refractivity contribution is 6.06. The van der Waals surface area contributed by atoms with Crippen LogP contribution in [0.3, 0.4) is 0 Å². The smallest absolute Gasteiger partial charge is 0.245 e. The first-order chi connectivity index (χ1) is 12.8.